The molecule has 5 heteroatoms. The first-order valence-electron chi connectivity index (χ1n) is 6.26. The summed E-state index contributed by atoms with van der Waals surface area (Å²) >= 11 is 1.80. The monoisotopic (exact) mass is 275 g/mol. The number of hydrogen-bond acceptors (Lipinski definition) is 5. The van der Waals surface area contributed by atoms with E-state index in [-0.39, 0.29) is 0 Å². The summed E-state index contributed by atoms with van der Waals surface area (Å²) in [5.41, 5.74) is 0. The van der Waals surface area contributed by atoms with Crippen LogP contribution in [0, 0.1) is 0 Å². The van der Waals surface area contributed by atoms with E-state index in [9.17, 15) is 0 Å². The lowest BCUT2D eigenvalue weighted by molar-refractivity contribution is 0.326. The van der Waals surface area contributed by atoms with E-state index in [0.717, 1.165) is 12.3 Å². The average molecular weight is 275 g/mol. The molecule has 0 aliphatic heterocycles. The van der Waals surface area contributed by atoms with Gasteiger partial charge in [0, 0.05) is 29.5 Å². The Morgan fingerprint density at radius 3 is 2.84 bits per heavy atom. The van der Waals surface area contributed by atoms with Crippen LogP contribution in [-0.2, 0) is 0 Å². The summed E-state index contributed by atoms with van der Waals surface area (Å²) in [6.07, 6.45) is 1.70. The Kier molecular flexibility index (Phi) is 5.49. The Hall–Kier alpha value is -1.75. The highest BCUT2D eigenvalue weighted by Crippen LogP contribution is 2.16. The van der Waals surface area contributed by atoms with Crippen LogP contribution < -0.4 is 10.1 Å². The molecule has 0 aliphatic carbocycles. The van der Waals surface area contributed by atoms with Gasteiger partial charge in [-0.3, -0.25) is 0 Å². The fraction of sp³-hybridized carbons (Fsp3) is 0.286. The van der Waals surface area contributed by atoms with Crippen LogP contribution in [0.1, 0.15) is 6.92 Å². The number of aromatic nitrogens is 2. The van der Waals surface area contributed by atoms with Crippen molar-refractivity contribution in [3.05, 3.63) is 42.6 Å². The largest absolute Gasteiger partial charge is 0.478 e. The van der Waals surface area contributed by atoms with Gasteiger partial charge in [-0.05, 0) is 19.1 Å². The quantitative estimate of drug-likeness (QED) is 0.621. The summed E-state index contributed by atoms with van der Waals surface area (Å²) in [5, 5.41) is 3.19. The number of anilines is 1. The summed E-state index contributed by atoms with van der Waals surface area (Å²) in [6.45, 7) is 3.36. The lowest BCUT2D eigenvalue weighted by Gasteiger charge is -2.06. The maximum atomic E-state index is 5.33. The molecule has 4 nitrogen and oxygen atoms in total. The van der Waals surface area contributed by atoms with E-state index in [4.69, 9.17) is 4.74 Å². The Morgan fingerprint density at radius 1 is 1.21 bits per heavy atom. The molecule has 0 unspecified atom stereocenters. The van der Waals surface area contributed by atoms with E-state index >= 15 is 0 Å². The maximum absolute atomic E-state index is 5.33. The number of hydrogen-bond donors (Lipinski definition) is 1. The van der Waals surface area contributed by atoms with E-state index in [1.165, 1.54) is 4.90 Å². The molecule has 0 spiro atoms. The minimum Gasteiger partial charge on any atom is -0.478 e. The van der Waals surface area contributed by atoms with Crippen molar-refractivity contribution in [3.63, 3.8) is 0 Å². The van der Waals surface area contributed by atoms with E-state index in [0.29, 0.717) is 18.4 Å². The van der Waals surface area contributed by atoms with Gasteiger partial charge < -0.3 is 10.1 Å². The van der Waals surface area contributed by atoms with Gasteiger partial charge in [0.2, 0.25) is 11.8 Å². The fourth-order valence-electron chi connectivity index (χ4n) is 1.50. The van der Waals surface area contributed by atoms with Crippen LogP contribution in [0.2, 0.25) is 0 Å². The highest BCUT2D eigenvalue weighted by atomic mass is 32.2. The molecule has 19 heavy (non-hydrogen) atoms. The Bertz CT molecular complexity index is 493. The van der Waals surface area contributed by atoms with Crippen LogP contribution in [0.5, 0.6) is 5.88 Å². The molecule has 0 saturated heterocycles. The zero-order chi connectivity index (χ0) is 13.3. The zero-order valence-electron chi connectivity index (χ0n) is 10.9. The summed E-state index contributed by atoms with van der Waals surface area (Å²) in [6, 6.07) is 12.1. The zero-order valence-corrected chi connectivity index (χ0v) is 11.7. The Labute approximate surface area is 117 Å². The Morgan fingerprint density at radius 2 is 2.05 bits per heavy atom. The minimum atomic E-state index is 0.607. The third-order valence-electron chi connectivity index (χ3n) is 2.32. The number of rotatable bonds is 7. The molecule has 0 bridgehead atoms. The molecule has 0 radical (unpaired) electrons. The predicted molar refractivity (Wildman–Crippen MR) is 78.9 cm³/mol. The van der Waals surface area contributed by atoms with Gasteiger partial charge in [-0.25, -0.2) is 4.98 Å². The summed E-state index contributed by atoms with van der Waals surface area (Å²) < 4.78 is 5.33. The molecular formula is C14H17N3OS. The van der Waals surface area contributed by atoms with Crippen molar-refractivity contribution < 1.29 is 4.74 Å². The van der Waals surface area contributed by atoms with Crippen LogP contribution in [-0.4, -0.2) is 28.9 Å². The molecule has 2 rings (SSSR count). The molecule has 0 fully saturated rings. The van der Waals surface area contributed by atoms with Crippen molar-refractivity contribution in [2.24, 2.45) is 0 Å². The van der Waals surface area contributed by atoms with E-state index in [1.807, 2.05) is 25.1 Å². The van der Waals surface area contributed by atoms with Gasteiger partial charge in [0.1, 0.15) is 0 Å². The van der Waals surface area contributed by atoms with Crippen LogP contribution in [0.15, 0.2) is 47.5 Å². The topological polar surface area (TPSA) is 47.0 Å². The van der Waals surface area contributed by atoms with Crippen LogP contribution in [0.25, 0.3) is 0 Å². The van der Waals surface area contributed by atoms with Crippen LogP contribution in [0.4, 0.5) is 5.95 Å². The number of nitrogens with one attached hydrogen (secondary N) is 1. The first-order valence-corrected chi connectivity index (χ1v) is 7.24. The standard InChI is InChI=1S/C14H17N3OS/c1-2-18-13-8-9-15-14(17-13)16-10-11-19-12-6-4-3-5-7-12/h3-9H,2,10-11H2,1H3,(H,15,16,17). The van der Waals surface area contributed by atoms with Gasteiger partial charge in [-0.15, -0.1) is 11.8 Å². The lowest BCUT2D eigenvalue weighted by Crippen LogP contribution is -2.08. The first-order chi connectivity index (χ1) is 9.38. The molecule has 1 aromatic carbocycles. The second kappa shape index (κ2) is 7.63. The van der Waals surface area contributed by atoms with Crippen LogP contribution >= 0.6 is 11.8 Å². The van der Waals surface area contributed by atoms with Gasteiger partial charge in [0.05, 0.1) is 6.61 Å². The van der Waals surface area contributed by atoms with Crippen molar-refractivity contribution >= 4 is 17.7 Å². The number of thioether (sulfide) groups is 1. The second-order valence-corrected chi connectivity index (χ2v) is 4.91. The third kappa shape index (κ3) is 4.79. The van der Waals surface area contributed by atoms with Gasteiger partial charge in [0.25, 0.3) is 0 Å². The minimum absolute atomic E-state index is 0.607. The SMILES string of the molecule is CCOc1ccnc(NCCSc2ccccc2)n1. The summed E-state index contributed by atoms with van der Waals surface area (Å²) in [4.78, 5) is 9.68. The number of benzene rings is 1. The number of ether oxygens (including phenoxy) is 1. The van der Waals surface area contributed by atoms with Gasteiger partial charge >= 0.3 is 0 Å². The van der Waals surface area contributed by atoms with Gasteiger partial charge in [-0.1, -0.05) is 18.2 Å². The molecule has 1 heterocycles. The fourth-order valence-corrected chi connectivity index (χ4v) is 2.29. The first kappa shape index (κ1) is 13.7. The molecule has 0 atom stereocenters. The maximum Gasteiger partial charge on any atom is 0.225 e. The molecule has 0 amide bonds. The molecule has 2 aromatic rings. The number of nitrogens with zero attached hydrogens (tertiary/aromatic N) is 2. The van der Waals surface area contributed by atoms with Crippen LogP contribution in [0.3, 0.4) is 0 Å². The molecule has 1 N–H and O–H groups in total. The van der Waals surface area contributed by atoms with Crippen molar-refractivity contribution in [1.29, 1.82) is 0 Å². The van der Waals surface area contributed by atoms with Gasteiger partial charge in [-0.2, -0.15) is 4.98 Å². The summed E-state index contributed by atoms with van der Waals surface area (Å²) in [7, 11) is 0. The molecule has 0 aliphatic rings. The molecule has 0 saturated carbocycles. The summed E-state index contributed by atoms with van der Waals surface area (Å²) in [5.74, 6) is 2.18. The van der Waals surface area contributed by atoms with Crippen molar-refractivity contribution in [1.82, 2.24) is 9.97 Å². The highest BCUT2D eigenvalue weighted by Gasteiger charge is 1.99. The van der Waals surface area contributed by atoms with E-state index in [2.05, 4.69) is 27.4 Å². The van der Waals surface area contributed by atoms with E-state index < -0.39 is 0 Å². The predicted octanol–water partition coefficient (Wildman–Crippen LogP) is 3.08. The highest BCUT2D eigenvalue weighted by molar-refractivity contribution is 7.99. The lowest BCUT2D eigenvalue weighted by atomic mass is 10.4. The van der Waals surface area contributed by atoms with E-state index in [1.54, 1.807) is 24.0 Å². The smallest absolute Gasteiger partial charge is 0.225 e. The normalized spacial score (nSPS) is 10.2. The average Bonchev–Trinajstić information content (AvgIpc) is 2.46. The third-order valence-corrected chi connectivity index (χ3v) is 3.33. The Balaban J connectivity index is 1.75. The van der Waals surface area contributed by atoms with Crippen molar-refractivity contribution in [2.75, 3.05) is 24.2 Å². The van der Waals surface area contributed by atoms with Crippen molar-refractivity contribution in [2.45, 2.75) is 11.8 Å². The van der Waals surface area contributed by atoms with Gasteiger partial charge in [0.15, 0.2) is 0 Å². The molecule has 100 valence electrons. The second-order valence-electron chi connectivity index (χ2n) is 3.74. The molecular weight excluding hydrogens is 258 g/mol. The van der Waals surface area contributed by atoms with Crippen molar-refractivity contribution in [3.8, 4) is 5.88 Å². The molecule has 1 aromatic heterocycles.